The second-order valence-corrected chi connectivity index (χ2v) is 6.50. The number of carbonyl (C=O) groups is 1. The normalized spacial score (nSPS) is 17.1. The number of aromatic nitrogens is 1. The van der Waals surface area contributed by atoms with Crippen LogP contribution in [0.5, 0.6) is 0 Å². The van der Waals surface area contributed by atoms with Gasteiger partial charge >= 0.3 is 0 Å². The van der Waals surface area contributed by atoms with E-state index in [0.29, 0.717) is 19.7 Å². The zero-order chi connectivity index (χ0) is 18.2. The summed E-state index contributed by atoms with van der Waals surface area (Å²) in [5, 5.41) is 6.42. The molecule has 0 saturated carbocycles. The SMILES string of the molecule is COCc1ccc(CNC(=O)CN2CCNCC2c2cccnc2)cc1.Cl. The number of piperazine rings is 1. The highest BCUT2D eigenvalue weighted by Gasteiger charge is 2.25. The lowest BCUT2D eigenvalue weighted by atomic mass is 10.1. The van der Waals surface area contributed by atoms with Crippen LogP contribution in [0.25, 0.3) is 0 Å². The van der Waals surface area contributed by atoms with Crippen LogP contribution in [0, 0.1) is 0 Å². The van der Waals surface area contributed by atoms with Crippen molar-refractivity contribution in [3.8, 4) is 0 Å². The highest BCUT2D eigenvalue weighted by atomic mass is 35.5. The summed E-state index contributed by atoms with van der Waals surface area (Å²) in [6, 6.07) is 12.3. The third-order valence-electron chi connectivity index (χ3n) is 4.59. The number of hydrogen-bond donors (Lipinski definition) is 2. The largest absolute Gasteiger partial charge is 0.380 e. The molecular weight excluding hydrogens is 364 g/mol. The van der Waals surface area contributed by atoms with Gasteiger partial charge in [-0.25, -0.2) is 0 Å². The molecule has 1 unspecified atom stereocenters. The molecule has 2 N–H and O–H groups in total. The molecule has 2 heterocycles. The van der Waals surface area contributed by atoms with Crippen LogP contribution in [-0.4, -0.2) is 49.1 Å². The number of nitrogens with one attached hydrogen (secondary N) is 2. The van der Waals surface area contributed by atoms with Gasteiger partial charge in [-0.15, -0.1) is 12.4 Å². The van der Waals surface area contributed by atoms with Crippen LogP contribution >= 0.6 is 12.4 Å². The van der Waals surface area contributed by atoms with E-state index >= 15 is 0 Å². The van der Waals surface area contributed by atoms with Crippen molar-refractivity contribution in [2.75, 3.05) is 33.3 Å². The number of ether oxygens (including phenoxy) is 1. The van der Waals surface area contributed by atoms with E-state index in [4.69, 9.17) is 4.74 Å². The van der Waals surface area contributed by atoms with Gasteiger partial charge < -0.3 is 15.4 Å². The molecule has 6 nitrogen and oxygen atoms in total. The standard InChI is InChI=1S/C20H26N4O2.ClH/c1-26-15-17-6-4-16(5-7-17)11-23-20(25)14-24-10-9-22-13-19(24)18-3-2-8-21-12-18;/h2-8,12,19,22H,9-11,13-15H2,1H3,(H,23,25);1H. The van der Waals surface area contributed by atoms with Crippen molar-refractivity contribution in [1.82, 2.24) is 20.5 Å². The van der Waals surface area contributed by atoms with Crippen LogP contribution in [0.2, 0.25) is 0 Å². The van der Waals surface area contributed by atoms with Gasteiger partial charge in [0.15, 0.2) is 0 Å². The average molecular weight is 391 g/mol. The molecule has 27 heavy (non-hydrogen) atoms. The van der Waals surface area contributed by atoms with Crippen molar-refractivity contribution in [3.63, 3.8) is 0 Å². The number of nitrogens with zero attached hydrogens (tertiary/aromatic N) is 2. The number of pyridine rings is 1. The molecule has 2 aromatic rings. The van der Waals surface area contributed by atoms with E-state index in [0.717, 1.165) is 36.3 Å². The van der Waals surface area contributed by atoms with Crippen LogP contribution in [0.3, 0.4) is 0 Å². The zero-order valence-corrected chi connectivity index (χ0v) is 16.4. The van der Waals surface area contributed by atoms with Gasteiger partial charge in [0.1, 0.15) is 0 Å². The van der Waals surface area contributed by atoms with Gasteiger partial charge in [0.2, 0.25) is 5.91 Å². The minimum absolute atomic E-state index is 0. The maximum atomic E-state index is 12.4. The van der Waals surface area contributed by atoms with E-state index in [9.17, 15) is 4.79 Å². The molecule has 0 aliphatic carbocycles. The first-order valence-corrected chi connectivity index (χ1v) is 8.94. The number of carbonyl (C=O) groups excluding carboxylic acids is 1. The summed E-state index contributed by atoms with van der Waals surface area (Å²) in [6.45, 7) is 4.10. The third kappa shape index (κ3) is 6.29. The van der Waals surface area contributed by atoms with Crippen LogP contribution in [0.1, 0.15) is 22.7 Å². The van der Waals surface area contributed by atoms with Gasteiger partial charge in [-0.3, -0.25) is 14.7 Å². The summed E-state index contributed by atoms with van der Waals surface area (Å²) in [5.74, 6) is 0.0433. The van der Waals surface area contributed by atoms with E-state index in [2.05, 4.69) is 26.6 Å². The lowest BCUT2D eigenvalue weighted by molar-refractivity contribution is -0.123. The Bertz CT molecular complexity index is 697. The van der Waals surface area contributed by atoms with Crippen molar-refractivity contribution in [2.24, 2.45) is 0 Å². The summed E-state index contributed by atoms with van der Waals surface area (Å²) < 4.78 is 5.11. The molecule has 3 rings (SSSR count). The first-order valence-electron chi connectivity index (χ1n) is 8.94. The van der Waals surface area contributed by atoms with Gasteiger partial charge in [0.25, 0.3) is 0 Å². The predicted octanol–water partition coefficient (Wildman–Crippen LogP) is 1.91. The Kier molecular flexibility index (Phi) is 8.67. The smallest absolute Gasteiger partial charge is 0.234 e. The van der Waals surface area contributed by atoms with Gasteiger partial charge in [-0.1, -0.05) is 30.3 Å². The molecule has 1 fully saturated rings. The molecule has 0 radical (unpaired) electrons. The summed E-state index contributed by atoms with van der Waals surface area (Å²) in [6.07, 6.45) is 3.65. The first kappa shape index (κ1) is 21.3. The van der Waals surface area contributed by atoms with Crippen LogP contribution in [0.15, 0.2) is 48.8 Å². The zero-order valence-electron chi connectivity index (χ0n) is 15.6. The predicted molar refractivity (Wildman–Crippen MR) is 108 cm³/mol. The molecule has 1 aliphatic rings. The number of benzene rings is 1. The Morgan fingerprint density at radius 3 is 2.78 bits per heavy atom. The number of methoxy groups -OCH3 is 1. The minimum atomic E-state index is 0. The second-order valence-electron chi connectivity index (χ2n) is 6.50. The summed E-state index contributed by atoms with van der Waals surface area (Å²) in [4.78, 5) is 18.8. The lowest BCUT2D eigenvalue weighted by Crippen LogP contribution is -2.49. The topological polar surface area (TPSA) is 66.5 Å². The number of amides is 1. The molecular formula is C20H27ClN4O2. The molecule has 7 heteroatoms. The van der Waals surface area contributed by atoms with Gasteiger partial charge in [0.05, 0.1) is 13.2 Å². The third-order valence-corrected chi connectivity index (χ3v) is 4.59. The number of halogens is 1. The Morgan fingerprint density at radius 1 is 1.30 bits per heavy atom. The average Bonchev–Trinajstić information content (AvgIpc) is 2.69. The van der Waals surface area contributed by atoms with E-state index in [1.807, 2.05) is 36.5 Å². The van der Waals surface area contributed by atoms with Gasteiger partial charge in [-0.2, -0.15) is 0 Å². The fourth-order valence-electron chi connectivity index (χ4n) is 3.20. The Morgan fingerprint density at radius 2 is 2.07 bits per heavy atom. The number of hydrogen-bond acceptors (Lipinski definition) is 5. The summed E-state index contributed by atoms with van der Waals surface area (Å²) in [7, 11) is 1.68. The maximum absolute atomic E-state index is 12.4. The van der Waals surface area contributed by atoms with Crippen molar-refractivity contribution in [1.29, 1.82) is 0 Å². The van der Waals surface area contributed by atoms with Crippen molar-refractivity contribution in [2.45, 2.75) is 19.2 Å². The minimum Gasteiger partial charge on any atom is -0.380 e. The van der Waals surface area contributed by atoms with Crippen molar-refractivity contribution in [3.05, 3.63) is 65.5 Å². The maximum Gasteiger partial charge on any atom is 0.234 e. The van der Waals surface area contributed by atoms with Gasteiger partial charge in [-0.05, 0) is 22.8 Å². The van der Waals surface area contributed by atoms with E-state index < -0.39 is 0 Å². The molecule has 1 aliphatic heterocycles. The van der Waals surface area contributed by atoms with Crippen molar-refractivity contribution < 1.29 is 9.53 Å². The van der Waals surface area contributed by atoms with Crippen LogP contribution < -0.4 is 10.6 Å². The first-order chi connectivity index (χ1) is 12.8. The molecule has 1 aromatic heterocycles. The quantitative estimate of drug-likeness (QED) is 0.756. The fraction of sp³-hybridized carbons (Fsp3) is 0.400. The Labute approximate surface area is 166 Å². The molecule has 0 spiro atoms. The Balaban J connectivity index is 0.00000261. The fourth-order valence-corrected chi connectivity index (χ4v) is 3.20. The van der Waals surface area contributed by atoms with E-state index in [-0.39, 0.29) is 24.4 Å². The van der Waals surface area contributed by atoms with Crippen LogP contribution in [-0.2, 0) is 22.7 Å². The van der Waals surface area contributed by atoms with E-state index in [1.165, 1.54) is 0 Å². The second kappa shape index (κ2) is 11.0. The molecule has 1 aromatic carbocycles. The highest BCUT2D eigenvalue weighted by molar-refractivity contribution is 5.85. The van der Waals surface area contributed by atoms with Crippen molar-refractivity contribution >= 4 is 18.3 Å². The molecule has 1 atom stereocenters. The summed E-state index contributed by atoms with van der Waals surface area (Å²) >= 11 is 0. The summed E-state index contributed by atoms with van der Waals surface area (Å²) in [5.41, 5.74) is 3.35. The monoisotopic (exact) mass is 390 g/mol. The Hall–Kier alpha value is -1.99. The molecule has 1 amide bonds. The number of rotatable bonds is 7. The molecule has 1 saturated heterocycles. The molecule has 0 bridgehead atoms. The molecule has 146 valence electrons. The lowest BCUT2D eigenvalue weighted by Gasteiger charge is -2.35. The van der Waals surface area contributed by atoms with Crippen LogP contribution in [0.4, 0.5) is 0 Å². The van der Waals surface area contributed by atoms with Gasteiger partial charge in [0, 0.05) is 51.7 Å². The van der Waals surface area contributed by atoms with E-state index in [1.54, 1.807) is 13.3 Å². The highest BCUT2D eigenvalue weighted by Crippen LogP contribution is 2.20.